The van der Waals surface area contributed by atoms with Gasteiger partial charge in [-0.25, -0.2) is 9.78 Å². The molecule has 1 N–H and O–H groups in total. The first kappa shape index (κ1) is 23.6. The van der Waals surface area contributed by atoms with Crippen LogP contribution in [0.15, 0.2) is 91.3 Å². The van der Waals surface area contributed by atoms with Gasteiger partial charge in [0.05, 0.1) is 28.0 Å². The van der Waals surface area contributed by atoms with E-state index in [9.17, 15) is 9.59 Å². The number of carbonyl (C=O) groups excluding carboxylic acids is 2. The summed E-state index contributed by atoms with van der Waals surface area (Å²) in [6.45, 7) is 1.85. The highest BCUT2D eigenvalue weighted by atomic mass is 16.5. The van der Waals surface area contributed by atoms with Crippen LogP contribution in [0.1, 0.15) is 34.8 Å². The highest BCUT2D eigenvalue weighted by molar-refractivity contribution is 6.06. The summed E-state index contributed by atoms with van der Waals surface area (Å²) in [6.07, 6.45) is 4.50. The first-order chi connectivity index (χ1) is 18.6. The summed E-state index contributed by atoms with van der Waals surface area (Å²) in [4.78, 5) is 40.9. The van der Waals surface area contributed by atoms with Crippen LogP contribution in [0.2, 0.25) is 0 Å². The van der Waals surface area contributed by atoms with E-state index in [2.05, 4.69) is 15.0 Å². The van der Waals surface area contributed by atoms with Gasteiger partial charge in [-0.1, -0.05) is 43.3 Å². The number of fused-ring (bicyclic) bond motifs is 3. The van der Waals surface area contributed by atoms with Gasteiger partial charge in [-0.2, -0.15) is 0 Å². The van der Waals surface area contributed by atoms with Gasteiger partial charge in [-0.3, -0.25) is 14.7 Å². The number of rotatable bonds is 5. The van der Waals surface area contributed by atoms with Crippen molar-refractivity contribution in [1.29, 1.82) is 0 Å². The molecular weight excluding hydrogens is 476 g/mol. The van der Waals surface area contributed by atoms with E-state index in [1.54, 1.807) is 35.5 Å². The van der Waals surface area contributed by atoms with Crippen molar-refractivity contribution in [2.24, 2.45) is 0 Å². The summed E-state index contributed by atoms with van der Waals surface area (Å²) >= 11 is 0. The summed E-state index contributed by atoms with van der Waals surface area (Å²) in [7, 11) is 0. The number of nitrogens with zero attached hydrogens (tertiary/aromatic N) is 3. The maximum Gasteiger partial charge on any atom is 0.338 e. The van der Waals surface area contributed by atoms with Crippen molar-refractivity contribution in [2.75, 3.05) is 4.90 Å². The number of para-hydroxylation sites is 2. The topological polar surface area (TPSA) is 88.2 Å². The minimum Gasteiger partial charge on any atom is -0.449 e. The van der Waals surface area contributed by atoms with Crippen molar-refractivity contribution in [2.45, 2.75) is 32.3 Å². The minimum atomic E-state index is -0.940. The van der Waals surface area contributed by atoms with E-state index in [0.717, 1.165) is 46.4 Å². The Balaban J connectivity index is 1.29. The summed E-state index contributed by atoms with van der Waals surface area (Å²) in [5.74, 6) is -0.149. The van der Waals surface area contributed by atoms with Gasteiger partial charge in [-0.15, -0.1) is 0 Å². The van der Waals surface area contributed by atoms with Crippen molar-refractivity contribution in [3.05, 3.63) is 108 Å². The van der Waals surface area contributed by atoms with E-state index in [-0.39, 0.29) is 5.91 Å². The number of benzene rings is 3. The van der Waals surface area contributed by atoms with Crippen molar-refractivity contribution >= 4 is 34.3 Å². The minimum absolute atomic E-state index is 0.260. The van der Waals surface area contributed by atoms with Gasteiger partial charge >= 0.3 is 5.97 Å². The molecule has 0 bridgehead atoms. The van der Waals surface area contributed by atoms with Crippen molar-refractivity contribution < 1.29 is 14.3 Å². The monoisotopic (exact) mass is 502 g/mol. The molecule has 7 heteroatoms. The van der Waals surface area contributed by atoms with E-state index in [1.165, 1.54) is 0 Å². The third-order valence-corrected chi connectivity index (χ3v) is 6.90. The molecule has 3 heterocycles. The van der Waals surface area contributed by atoms with Crippen molar-refractivity contribution in [1.82, 2.24) is 15.0 Å². The molecule has 7 nitrogen and oxygen atoms in total. The summed E-state index contributed by atoms with van der Waals surface area (Å²) in [6, 6.07) is 24.7. The Labute approximate surface area is 220 Å². The second kappa shape index (κ2) is 9.94. The first-order valence-corrected chi connectivity index (χ1v) is 12.7. The molecule has 0 aliphatic carbocycles. The number of amides is 1. The average molecular weight is 503 g/mol. The first-order valence-electron chi connectivity index (χ1n) is 12.7. The number of hydrogen-bond donors (Lipinski definition) is 1. The van der Waals surface area contributed by atoms with Gasteiger partial charge in [0.1, 0.15) is 5.82 Å². The molecule has 2 aromatic heterocycles. The SMILES string of the molecule is CCC(OC(=O)c1ccc2nc(-c3cccnc3)[nH]c2c1)C(=O)N1c2ccccc2CCc2ccccc21. The van der Waals surface area contributed by atoms with Gasteiger partial charge in [0.15, 0.2) is 6.10 Å². The zero-order chi connectivity index (χ0) is 26.1. The quantitative estimate of drug-likeness (QED) is 0.297. The predicted octanol–water partition coefficient (Wildman–Crippen LogP) is 6.02. The maximum atomic E-state index is 14.0. The van der Waals surface area contributed by atoms with E-state index in [1.807, 2.05) is 67.6 Å². The second-order valence-electron chi connectivity index (χ2n) is 9.29. The van der Waals surface area contributed by atoms with Gasteiger partial charge in [0, 0.05) is 18.0 Å². The zero-order valence-corrected chi connectivity index (χ0v) is 20.9. The highest BCUT2D eigenvalue weighted by Crippen LogP contribution is 2.37. The molecule has 1 aliphatic rings. The number of aromatic nitrogens is 3. The van der Waals surface area contributed by atoms with Crippen LogP contribution >= 0.6 is 0 Å². The molecule has 0 radical (unpaired) electrons. The number of carbonyl (C=O) groups is 2. The highest BCUT2D eigenvalue weighted by Gasteiger charge is 2.32. The average Bonchev–Trinajstić information content (AvgIpc) is 3.32. The lowest BCUT2D eigenvalue weighted by atomic mass is 10.0. The standard InChI is InChI=1S/C31H26N4O3/c1-2-28(30(36)35-26-11-5-3-8-20(26)13-14-21-9-4-6-12-27(21)35)38-31(37)22-15-16-24-25(18-22)34-29(33-24)23-10-7-17-32-19-23/h3-12,15-19,28H,2,13-14H2,1H3,(H,33,34). The molecule has 5 aromatic rings. The molecule has 0 spiro atoms. The summed E-state index contributed by atoms with van der Waals surface area (Å²) in [5.41, 5.74) is 6.47. The molecule has 1 unspecified atom stereocenters. The third-order valence-electron chi connectivity index (χ3n) is 6.90. The van der Waals surface area contributed by atoms with Crippen LogP contribution in [-0.2, 0) is 22.4 Å². The smallest absolute Gasteiger partial charge is 0.338 e. The molecule has 0 fully saturated rings. The fraction of sp³-hybridized carbons (Fsp3) is 0.161. The van der Waals surface area contributed by atoms with Crippen LogP contribution in [-0.4, -0.2) is 32.9 Å². The number of hydrogen-bond acceptors (Lipinski definition) is 5. The Bertz CT molecular complexity index is 1600. The number of anilines is 2. The van der Waals surface area contributed by atoms with Gasteiger partial charge in [-0.05, 0) is 72.9 Å². The number of aromatic amines is 1. The van der Waals surface area contributed by atoms with Crippen molar-refractivity contribution in [3.63, 3.8) is 0 Å². The maximum absolute atomic E-state index is 14.0. The molecule has 1 atom stereocenters. The lowest BCUT2D eigenvalue weighted by molar-refractivity contribution is -0.126. The van der Waals surface area contributed by atoms with E-state index in [0.29, 0.717) is 23.3 Å². The number of aryl methyl sites for hydroxylation is 2. The largest absolute Gasteiger partial charge is 0.449 e. The molecule has 3 aromatic carbocycles. The molecular formula is C31H26N4O3. The fourth-order valence-electron chi connectivity index (χ4n) is 4.94. The van der Waals surface area contributed by atoms with Crippen LogP contribution in [0.3, 0.4) is 0 Å². The fourth-order valence-corrected chi connectivity index (χ4v) is 4.94. The van der Waals surface area contributed by atoms with Crippen LogP contribution in [0.5, 0.6) is 0 Å². The molecule has 1 amide bonds. The van der Waals surface area contributed by atoms with Crippen LogP contribution < -0.4 is 4.90 Å². The lowest BCUT2D eigenvalue weighted by Crippen LogP contribution is -2.39. The van der Waals surface area contributed by atoms with Crippen LogP contribution in [0.25, 0.3) is 22.4 Å². The molecule has 1 aliphatic heterocycles. The third kappa shape index (κ3) is 4.32. The number of imidazole rings is 1. The number of H-pyrrole nitrogens is 1. The van der Waals surface area contributed by atoms with Gasteiger partial charge < -0.3 is 9.72 Å². The normalized spacial score (nSPS) is 13.3. The molecule has 0 saturated heterocycles. The number of pyridine rings is 1. The van der Waals surface area contributed by atoms with E-state index in [4.69, 9.17) is 4.74 Å². The summed E-state index contributed by atoms with van der Waals surface area (Å²) in [5, 5.41) is 0. The lowest BCUT2D eigenvalue weighted by Gasteiger charge is -2.28. The number of ether oxygens (including phenoxy) is 1. The van der Waals surface area contributed by atoms with Gasteiger partial charge in [0.25, 0.3) is 5.91 Å². The van der Waals surface area contributed by atoms with E-state index >= 15 is 0 Å². The van der Waals surface area contributed by atoms with Gasteiger partial charge in [0.2, 0.25) is 0 Å². The Kier molecular flexibility index (Phi) is 6.17. The number of nitrogens with one attached hydrogen (secondary N) is 1. The zero-order valence-electron chi connectivity index (χ0n) is 20.9. The Hall–Kier alpha value is -4.78. The Morgan fingerprint density at radius 1 is 0.947 bits per heavy atom. The second-order valence-corrected chi connectivity index (χ2v) is 9.29. The Morgan fingerprint density at radius 2 is 1.66 bits per heavy atom. The van der Waals surface area contributed by atoms with Crippen molar-refractivity contribution in [3.8, 4) is 11.4 Å². The Morgan fingerprint density at radius 3 is 2.32 bits per heavy atom. The number of esters is 1. The molecule has 6 rings (SSSR count). The summed E-state index contributed by atoms with van der Waals surface area (Å²) < 4.78 is 5.84. The molecule has 188 valence electrons. The van der Waals surface area contributed by atoms with E-state index < -0.39 is 12.1 Å². The van der Waals surface area contributed by atoms with Crippen LogP contribution in [0, 0.1) is 0 Å². The predicted molar refractivity (Wildman–Crippen MR) is 146 cm³/mol. The van der Waals surface area contributed by atoms with Crippen LogP contribution in [0.4, 0.5) is 11.4 Å². The molecule has 38 heavy (non-hydrogen) atoms. The molecule has 0 saturated carbocycles.